The number of nitrogens with two attached hydrogens (primary N) is 1. The summed E-state index contributed by atoms with van der Waals surface area (Å²) in [5.74, 6) is 0.460. The van der Waals surface area contributed by atoms with Crippen LogP contribution in [-0.2, 0) is 9.53 Å². The van der Waals surface area contributed by atoms with Crippen LogP contribution >= 0.6 is 0 Å². The first-order chi connectivity index (χ1) is 8.54. The third-order valence-electron chi connectivity index (χ3n) is 3.37. The predicted octanol–water partition coefficient (Wildman–Crippen LogP) is 1.78. The van der Waals surface area contributed by atoms with Crippen LogP contribution < -0.4 is 5.73 Å². The summed E-state index contributed by atoms with van der Waals surface area (Å²) in [6.07, 6.45) is 4.51. The first-order valence-electron chi connectivity index (χ1n) is 7.20. The molecule has 0 spiro atoms. The van der Waals surface area contributed by atoms with E-state index in [4.69, 9.17) is 10.5 Å². The molecule has 0 aromatic heterocycles. The van der Waals surface area contributed by atoms with E-state index in [9.17, 15) is 4.79 Å². The Labute approximate surface area is 111 Å². The second kappa shape index (κ2) is 7.74. The minimum Gasteiger partial charge on any atom is -0.465 e. The third-order valence-corrected chi connectivity index (χ3v) is 3.37. The Hall–Kier alpha value is -0.610. The third kappa shape index (κ3) is 5.83. The molecular formula is C14H28N2O2. The number of ether oxygens (including phenoxy) is 1. The van der Waals surface area contributed by atoms with Crippen LogP contribution in [0.3, 0.4) is 0 Å². The Morgan fingerprint density at radius 1 is 1.33 bits per heavy atom. The second-order valence-corrected chi connectivity index (χ2v) is 5.60. The molecular weight excluding hydrogens is 228 g/mol. The summed E-state index contributed by atoms with van der Waals surface area (Å²) in [5, 5.41) is 0. The SMILES string of the molecule is CCOC(=O)C(N)CCN(CCC(C)C)C1CC1. The first kappa shape index (κ1) is 15.4. The van der Waals surface area contributed by atoms with Crippen molar-refractivity contribution in [3.63, 3.8) is 0 Å². The van der Waals surface area contributed by atoms with E-state index >= 15 is 0 Å². The monoisotopic (exact) mass is 256 g/mol. The number of hydrogen-bond acceptors (Lipinski definition) is 4. The molecule has 0 bridgehead atoms. The molecule has 0 aromatic carbocycles. The average Bonchev–Trinajstić information content (AvgIpc) is 3.12. The number of carbonyl (C=O) groups is 1. The van der Waals surface area contributed by atoms with Crippen molar-refractivity contribution in [3.8, 4) is 0 Å². The van der Waals surface area contributed by atoms with Crippen LogP contribution in [0.2, 0.25) is 0 Å². The first-order valence-corrected chi connectivity index (χ1v) is 7.20. The molecule has 0 radical (unpaired) electrons. The highest BCUT2D eigenvalue weighted by atomic mass is 16.5. The summed E-state index contributed by atoms with van der Waals surface area (Å²) in [6, 6.07) is 0.267. The Bertz CT molecular complexity index is 252. The van der Waals surface area contributed by atoms with E-state index in [2.05, 4.69) is 18.7 Å². The highest BCUT2D eigenvalue weighted by Gasteiger charge is 2.29. The molecule has 0 aromatic rings. The lowest BCUT2D eigenvalue weighted by molar-refractivity contribution is -0.144. The van der Waals surface area contributed by atoms with Crippen molar-refractivity contribution in [2.75, 3.05) is 19.7 Å². The maximum atomic E-state index is 11.4. The van der Waals surface area contributed by atoms with Crippen LogP contribution in [0.5, 0.6) is 0 Å². The van der Waals surface area contributed by atoms with E-state index in [1.807, 2.05) is 6.92 Å². The van der Waals surface area contributed by atoms with E-state index in [-0.39, 0.29) is 5.97 Å². The lowest BCUT2D eigenvalue weighted by atomic mass is 10.1. The largest absolute Gasteiger partial charge is 0.465 e. The number of esters is 1. The van der Waals surface area contributed by atoms with Gasteiger partial charge in [0.1, 0.15) is 6.04 Å². The molecule has 1 atom stereocenters. The summed E-state index contributed by atoms with van der Waals surface area (Å²) >= 11 is 0. The highest BCUT2D eigenvalue weighted by molar-refractivity contribution is 5.75. The lowest BCUT2D eigenvalue weighted by Gasteiger charge is -2.24. The van der Waals surface area contributed by atoms with E-state index in [1.54, 1.807) is 0 Å². The van der Waals surface area contributed by atoms with Gasteiger partial charge in [0.2, 0.25) is 0 Å². The predicted molar refractivity (Wildman–Crippen MR) is 73.3 cm³/mol. The van der Waals surface area contributed by atoms with E-state index < -0.39 is 6.04 Å². The molecule has 0 saturated heterocycles. The molecule has 1 aliphatic carbocycles. The maximum absolute atomic E-state index is 11.4. The van der Waals surface area contributed by atoms with E-state index in [0.29, 0.717) is 13.0 Å². The van der Waals surface area contributed by atoms with Gasteiger partial charge in [-0.3, -0.25) is 4.79 Å². The van der Waals surface area contributed by atoms with Gasteiger partial charge in [0.25, 0.3) is 0 Å². The van der Waals surface area contributed by atoms with Crippen LogP contribution in [0.4, 0.5) is 0 Å². The van der Waals surface area contributed by atoms with Crippen molar-refractivity contribution in [3.05, 3.63) is 0 Å². The molecule has 1 rings (SSSR count). The van der Waals surface area contributed by atoms with Crippen LogP contribution in [0.15, 0.2) is 0 Å². The van der Waals surface area contributed by atoms with E-state index in [0.717, 1.165) is 25.0 Å². The number of hydrogen-bond donors (Lipinski definition) is 1. The Kier molecular flexibility index (Phi) is 6.65. The smallest absolute Gasteiger partial charge is 0.322 e. The molecule has 1 fully saturated rings. The molecule has 0 amide bonds. The number of carbonyl (C=O) groups excluding carboxylic acids is 1. The van der Waals surface area contributed by atoms with Gasteiger partial charge in [-0.05, 0) is 45.1 Å². The molecule has 106 valence electrons. The summed E-state index contributed by atoms with van der Waals surface area (Å²) < 4.78 is 4.93. The molecule has 2 N–H and O–H groups in total. The summed E-state index contributed by atoms with van der Waals surface area (Å²) in [5.41, 5.74) is 5.83. The van der Waals surface area contributed by atoms with Crippen molar-refractivity contribution < 1.29 is 9.53 Å². The minimum absolute atomic E-state index is 0.267. The van der Waals surface area contributed by atoms with Crippen molar-refractivity contribution in [2.45, 2.75) is 58.5 Å². The van der Waals surface area contributed by atoms with Crippen molar-refractivity contribution in [1.29, 1.82) is 0 Å². The quantitative estimate of drug-likeness (QED) is 0.639. The summed E-state index contributed by atoms with van der Waals surface area (Å²) in [7, 11) is 0. The topological polar surface area (TPSA) is 55.6 Å². The fourth-order valence-electron chi connectivity index (χ4n) is 2.01. The Balaban J connectivity index is 2.26. The van der Waals surface area contributed by atoms with Gasteiger partial charge in [0.05, 0.1) is 6.61 Å². The van der Waals surface area contributed by atoms with Gasteiger partial charge >= 0.3 is 5.97 Å². The van der Waals surface area contributed by atoms with Crippen LogP contribution in [0, 0.1) is 5.92 Å². The average molecular weight is 256 g/mol. The Morgan fingerprint density at radius 2 is 1.94 bits per heavy atom. The molecule has 1 unspecified atom stereocenters. The maximum Gasteiger partial charge on any atom is 0.322 e. The van der Waals surface area contributed by atoms with Crippen LogP contribution in [-0.4, -0.2) is 42.6 Å². The molecule has 0 aliphatic heterocycles. The van der Waals surface area contributed by atoms with Crippen LogP contribution in [0.1, 0.15) is 46.5 Å². The number of nitrogens with zero attached hydrogens (tertiary/aromatic N) is 1. The summed E-state index contributed by atoms with van der Waals surface area (Å²) in [4.78, 5) is 13.9. The molecule has 1 aliphatic rings. The van der Waals surface area contributed by atoms with Crippen molar-refractivity contribution >= 4 is 5.97 Å². The fraction of sp³-hybridized carbons (Fsp3) is 0.929. The van der Waals surface area contributed by atoms with Gasteiger partial charge in [0, 0.05) is 12.6 Å². The normalized spacial score (nSPS) is 17.2. The molecule has 18 heavy (non-hydrogen) atoms. The Morgan fingerprint density at radius 3 is 2.44 bits per heavy atom. The van der Waals surface area contributed by atoms with Gasteiger partial charge in [-0.15, -0.1) is 0 Å². The second-order valence-electron chi connectivity index (χ2n) is 5.60. The van der Waals surface area contributed by atoms with Crippen molar-refractivity contribution in [1.82, 2.24) is 4.90 Å². The molecule has 1 saturated carbocycles. The number of rotatable bonds is 9. The minimum atomic E-state index is -0.467. The molecule has 0 heterocycles. The van der Waals surface area contributed by atoms with Gasteiger partial charge in [-0.1, -0.05) is 13.8 Å². The van der Waals surface area contributed by atoms with Crippen LogP contribution in [0.25, 0.3) is 0 Å². The zero-order valence-electron chi connectivity index (χ0n) is 12.0. The standard InChI is InChI=1S/C14H28N2O2/c1-4-18-14(17)13(15)8-10-16(12-5-6-12)9-7-11(2)3/h11-13H,4-10,15H2,1-3H3. The van der Waals surface area contributed by atoms with Gasteiger partial charge in [0.15, 0.2) is 0 Å². The van der Waals surface area contributed by atoms with Gasteiger partial charge in [-0.25, -0.2) is 0 Å². The fourth-order valence-corrected chi connectivity index (χ4v) is 2.01. The van der Waals surface area contributed by atoms with E-state index in [1.165, 1.54) is 19.3 Å². The summed E-state index contributed by atoms with van der Waals surface area (Å²) in [6.45, 7) is 8.75. The van der Waals surface area contributed by atoms with Gasteiger partial charge < -0.3 is 15.4 Å². The van der Waals surface area contributed by atoms with Gasteiger partial charge in [-0.2, -0.15) is 0 Å². The zero-order valence-corrected chi connectivity index (χ0v) is 12.0. The zero-order chi connectivity index (χ0) is 13.5. The lowest BCUT2D eigenvalue weighted by Crippen LogP contribution is -2.38. The van der Waals surface area contributed by atoms with Crippen molar-refractivity contribution in [2.24, 2.45) is 11.7 Å². The molecule has 4 nitrogen and oxygen atoms in total. The molecule has 4 heteroatoms. The highest BCUT2D eigenvalue weighted by Crippen LogP contribution is 2.27.